The van der Waals surface area contributed by atoms with Crippen molar-refractivity contribution in [2.45, 2.75) is 18.9 Å². The Balaban J connectivity index is 1.82. The van der Waals surface area contributed by atoms with Gasteiger partial charge in [-0.2, -0.15) is 16.4 Å². The van der Waals surface area contributed by atoms with Crippen LogP contribution >= 0.6 is 11.3 Å². The Kier molecular flexibility index (Phi) is 2.70. The summed E-state index contributed by atoms with van der Waals surface area (Å²) in [5.41, 5.74) is 2.29. The summed E-state index contributed by atoms with van der Waals surface area (Å²) in [7, 11) is 1.92. The van der Waals surface area contributed by atoms with Gasteiger partial charge >= 0.3 is 0 Å². The minimum Gasteiger partial charge on any atom is -0.349 e. The van der Waals surface area contributed by atoms with Gasteiger partial charge in [0.1, 0.15) is 12.1 Å². The van der Waals surface area contributed by atoms with E-state index in [2.05, 4.69) is 36.8 Å². The fourth-order valence-electron chi connectivity index (χ4n) is 3.01. The predicted octanol–water partition coefficient (Wildman–Crippen LogP) is 2.77. The van der Waals surface area contributed by atoms with Crippen LogP contribution in [0.2, 0.25) is 0 Å². The zero-order valence-electron chi connectivity index (χ0n) is 11.2. The van der Waals surface area contributed by atoms with E-state index in [1.807, 2.05) is 13.2 Å². The van der Waals surface area contributed by atoms with E-state index in [-0.39, 0.29) is 0 Å². The Morgan fingerprint density at radius 2 is 2.30 bits per heavy atom. The summed E-state index contributed by atoms with van der Waals surface area (Å²) in [6, 6.07) is 2.65. The minimum absolute atomic E-state index is 0.430. The summed E-state index contributed by atoms with van der Waals surface area (Å²) in [5, 5.41) is 9.73. The molecule has 1 atom stereocenters. The Labute approximate surface area is 120 Å². The molecule has 6 heteroatoms. The summed E-state index contributed by atoms with van der Waals surface area (Å²) in [5.74, 6) is 1.01. The first-order chi connectivity index (χ1) is 9.84. The Hall–Kier alpha value is -1.95. The first kappa shape index (κ1) is 11.8. The zero-order chi connectivity index (χ0) is 13.5. The number of hydrogen-bond acceptors (Lipinski definition) is 5. The third kappa shape index (κ3) is 1.71. The van der Waals surface area contributed by atoms with Crippen LogP contribution in [-0.2, 0) is 7.05 Å². The van der Waals surface area contributed by atoms with Gasteiger partial charge in [0.05, 0.1) is 17.6 Å². The normalized spacial score (nSPS) is 19.1. The smallest absolute Gasteiger partial charge is 0.163 e. The predicted molar refractivity (Wildman–Crippen MR) is 79.9 cm³/mol. The number of rotatable bonds is 2. The van der Waals surface area contributed by atoms with Gasteiger partial charge in [-0.3, -0.25) is 4.68 Å². The fraction of sp³-hybridized carbons (Fsp3) is 0.357. The molecule has 0 unspecified atom stereocenters. The first-order valence-corrected chi connectivity index (χ1v) is 7.70. The van der Waals surface area contributed by atoms with Crippen LogP contribution in [0.1, 0.15) is 24.4 Å². The standard InChI is InChI=1S/C14H15N5S/c1-18-13-11(7-17-18)14(16-9-15-13)19-5-2-3-12(19)10-4-6-20-8-10/h4,6-9,12H,2-3,5H2,1H3/t12-/m1/s1. The number of hydrogen-bond donors (Lipinski definition) is 0. The molecule has 0 amide bonds. The molecule has 102 valence electrons. The quantitative estimate of drug-likeness (QED) is 0.726. The second-order valence-corrected chi connectivity index (χ2v) is 5.89. The van der Waals surface area contributed by atoms with Gasteiger partial charge in [0, 0.05) is 13.6 Å². The molecule has 0 aliphatic carbocycles. The van der Waals surface area contributed by atoms with Crippen molar-refractivity contribution in [1.82, 2.24) is 19.7 Å². The maximum Gasteiger partial charge on any atom is 0.163 e. The SMILES string of the molecule is Cn1ncc2c(N3CCC[C@@H]3c3ccsc3)ncnc21. The van der Waals surface area contributed by atoms with Gasteiger partial charge in [0.15, 0.2) is 5.65 Å². The minimum atomic E-state index is 0.430. The lowest BCUT2D eigenvalue weighted by atomic mass is 10.1. The lowest BCUT2D eigenvalue weighted by molar-refractivity contribution is 0.716. The van der Waals surface area contributed by atoms with Crippen molar-refractivity contribution in [3.63, 3.8) is 0 Å². The van der Waals surface area contributed by atoms with Gasteiger partial charge in [-0.15, -0.1) is 0 Å². The van der Waals surface area contributed by atoms with Gasteiger partial charge in [-0.25, -0.2) is 9.97 Å². The number of thiophene rings is 1. The van der Waals surface area contributed by atoms with E-state index in [1.165, 1.54) is 18.4 Å². The van der Waals surface area contributed by atoms with E-state index in [1.54, 1.807) is 22.3 Å². The van der Waals surface area contributed by atoms with Crippen molar-refractivity contribution in [3.8, 4) is 0 Å². The van der Waals surface area contributed by atoms with Crippen molar-refractivity contribution in [1.29, 1.82) is 0 Å². The van der Waals surface area contributed by atoms with Gasteiger partial charge in [0.2, 0.25) is 0 Å². The van der Waals surface area contributed by atoms with Crippen LogP contribution in [0, 0.1) is 0 Å². The second kappa shape index (κ2) is 4.56. The molecule has 3 aromatic heterocycles. The van der Waals surface area contributed by atoms with Crippen LogP contribution in [0.3, 0.4) is 0 Å². The average Bonchev–Trinajstić information content (AvgIpc) is 3.18. The number of anilines is 1. The van der Waals surface area contributed by atoms with Crippen molar-refractivity contribution in [3.05, 3.63) is 34.9 Å². The number of aryl methyl sites for hydroxylation is 1. The average molecular weight is 285 g/mol. The topological polar surface area (TPSA) is 46.8 Å². The first-order valence-electron chi connectivity index (χ1n) is 6.76. The maximum atomic E-state index is 4.53. The van der Waals surface area contributed by atoms with Gasteiger partial charge in [-0.05, 0) is 35.2 Å². The van der Waals surface area contributed by atoms with Crippen molar-refractivity contribution < 1.29 is 0 Å². The summed E-state index contributed by atoms with van der Waals surface area (Å²) in [6.45, 7) is 1.04. The molecule has 1 fully saturated rings. The van der Waals surface area contributed by atoms with Gasteiger partial charge < -0.3 is 4.90 Å². The molecular formula is C14H15N5S. The molecule has 4 heterocycles. The number of aromatic nitrogens is 4. The zero-order valence-corrected chi connectivity index (χ0v) is 12.0. The van der Waals surface area contributed by atoms with E-state index < -0.39 is 0 Å². The molecule has 0 radical (unpaired) electrons. The summed E-state index contributed by atoms with van der Waals surface area (Å²) >= 11 is 1.76. The van der Waals surface area contributed by atoms with Crippen molar-refractivity contribution in [2.24, 2.45) is 7.05 Å². The third-order valence-corrected chi connectivity index (χ3v) is 4.66. The Morgan fingerprint density at radius 3 is 3.15 bits per heavy atom. The van der Waals surface area contributed by atoms with Gasteiger partial charge in [0.25, 0.3) is 0 Å². The van der Waals surface area contributed by atoms with Crippen LogP contribution in [0.15, 0.2) is 29.4 Å². The molecule has 0 aromatic carbocycles. The third-order valence-electron chi connectivity index (χ3n) is 3.96. The molecular weight excluding hydrogens is 270 g/mol. The van der Waals surface area contributed by atoms with Crippen LogP contribution in [0.4, 0.5) is 5.82 Å². The Bertz CT molecular complexity index is 733. The highest BCUT2D eigenvalue weighted by molar-refractivity contribution is 7.08. The van der Waals surface area contributed by atoms with Crippen LogP contribution < -0.4 is 4.90 Å². The van der Waals surface area contributed by atoms with Crippen LogP contribution in [0.25, 0.3) is 11.0 Å². The van der Waals surface area contributed by atoms with E-state index in [4.69, 9.17) is 0 Å². The molecule has 1 saturated heterocycles. The van der Waals surface area contributed by atoms with E-state index in [0.717, 1.165) is 23.4 Å². The van der Waals surface area contributed by atoms with E-state index in [0.29, 0.717) is 6.04 Å². The summed E-state index contributed by atoms with van der Waals surface area (Å²) in [4.78, 5) is 11.2. The molecule has 1 aliphatic rings. The maximum absolute atomic E-state index is 4.53. The fourth-order valence-corrected chi connectivity index (χ4v) is 3.72. The van der Waals surface area contributed by atoms with Crippen LogP contribution in [0.5, 0.6) is 0 Å². The molecule has 0 spiro atoms. The Morgan fingerprint density at radius 1 is 1.35 bits per heavy atom. The van der Waals surface area contributed by atoms with E-state index >= 15 is 0 Å². The highest BCUT2D eigenvalue weighted by atomic mass is 32.1. The molecule has 5 nitrogen and oxygen atoms in total. The highest BCUT2D eigenvalue weighted by Crippen LogP contribution is 2.38. The largest absolute Gasteiger partial charge is 0.349 e. The van der Waals surface area contributed by atoms with Crippen molar-refractivity contribution >= 4 is 28.2 Å². The number of nitrogens with zero attached hydrogens (tertiary/aromatic N) is 5. The molecule has 20 heavy (non-hydrogen) atoms. The molecule has 4 rings (SSSR count). The molecule has 0 bridgehead atoms. The van der Waals surface area contributed by atoms with E-state index in [9.17, 15) is 0 Å². The second-order valence-electron chi connectivity index (χ2n) is 5.11. The summed E-state index contributed by atoms with van der Waals surface area (Å²) in [6.07, 6.45) is 5.89. The number of fused-ring (bicyclic) bond motifs is 1. The monoisotopic (exact) mass is 285 g/mol. The summed E-state index contributed by atoms with van der Waals surface area (Å²) < 4.78 is 1.80. The lowest BCUT2D eigenvalue weighted by Gasteiger charge is -2.25. The molecule has 1 aliphatic heterocycles. The molecule has 0 saturated carbocycles. The van der Waals surface area contributed by atoms with Gasteiger partial charge in [-0.1, -0.05) is 0 Å². The molecule has 0 N–H and O–H groups in total. The highest BCUT2D eigenvalue weighted by Gasteiger charge is 2.29. The lowest BCUT2D eigenvalue weighted by Crippen LogP contribution is -2.23. The van der Waals surface area contributed by atoms with Crippen molar-refractivity contribution in [2.75, 3.05) is 11.4 Å². The molecule has 3 aromatic rings. The van der Waals surface area contributed by atoms with Crippen LogP contribution in [-0.4, -0.2) is 26.3 Å².